The predicted octanol–water partition coefficient (Wildman–Crippen LogP) is 3.98. The largest absolute Gasteiger partial charge is 0.477 e. The van der Waals surface area contributed by atoms with Gasteiger partial charge in [-0.05, 0) is 24.8 Å². The number of nitrogens with one attached hydrogen (secondary N) is 1. The molecule has 150 valence electrons. The van der Waals surface area contributed by atoms with Crippen molar-refractivity contribution in [1.29, 1.82) is 0 Å². The molecule has 1 saturated heterocycles. The van der Waals surface area contributed by atoms with Gasteiger partial charge in [0.2, 0.25) is 0 Å². The molecule has 2 N–H and O–H groups in total. The van der Waals surface area contributed by atoms with Gasteiger partial charge in [-0.1, -0.05) is 56.2 Å². The average molecular weight is 377 g/mol. The van der Waals surface area contributed by atoms with Crippen molar-refractivity contribution >= 4 is 11.7 Å². The van der Waals surface area contributed by atoms with Crippen LogP contribution >= 0.6 is 0 Å². The lowest BCUT2D eigenvalue weighted by Crippen LogP contribution is -2.47. The fourth-order valence-electron chi connectivity index (χ4n) is 2.79. The summed E-state index contributed by atoms with van der Waals surface area (Å²) in [5, 5.41) is 9.06. The second-order valence-corrected chi connectivity index (χ2v) is 6.96. The van der Waals surface area contributed by atoms with Gasteiger partial charge < -0.3 is 14.6 Å². The van der Waals surface area contributed by atoms with Crippen LogP contribution in [-0.4, -0.2) is 36.7 Å². The highest BCUT2D eigenvalue weighted by atomic mass is 16.7. The molecule has 1 aliphatic heterocycles. The van der Waals surface area contributed by atoms with Gasteiger partial charge in [0.25, 0.3) is 5.79 Å². The molecule has 0 radical (unpaired) electrons. The number of allylic oxidation sites excluding steroid dienone is 1. The van der Waals surface area contributed by atoms with Gasteiger partial charge in [0.05, 0.1) is 25.5 Å². The highest BCUT2D eigenvalue weighted by Crippen LogP contribution is 2.24. The predicted molar refractivity (Wildman–Crippen MR) is 104 cm³/mol. The van der Waals surface area contributed by atoms with Crippen LogP contribution in [0.15, 0.2) is 36.4 Å². The van der Waals surface area contributed by atoms with Crippen molar-refractivity contribution in [1.82, 2.24) is 5.48 Å². The third kappa shape index (κ3) is 6.97. The minimum Gasteiger partial charge on any atom is -0.477 e. The molecule has 1 aliphatic rings. The smallest absolute Gasteiger partial charge is 0.364 e. The van der Waals surface area contributed by atoms with Gasteiger partial charge in [-0.15, -0.1) is 0 Å². The van der Waals surface area contributed by atoms with Crippen LogP contribution in [0.5, 0.6) is 0 Å². The van der Waals surface area contributed by atoms with E-state index in [0.717, 1.165) is 43.4 Å². The molecular weight excluding hydrogens is 346 g/mol. The molecule has 0 spiro atoms. The molecule has 6 heteroatoms. The molecule has 1 heterocycles. The first-order chi connectivity index (χ1) is 13.0. The SMILES string of the molecule is CCCC=C(NOCCCCC1COC(C)(C(=O)O)OC1)c1ccccc1. The number of rotatable bonds is 11. The average Bonchev–Trinajstić information content (AvgIpc) is 2.69. The standard InChI is InChI=1S/C21H31NO5/c1-3-4-13-19(18-11-6-5-7-12-18)22-27-14-9-8-10-17-15-25-21(2,20(23)24)26-16-17/h5-7,11-13,17,22H,3-4,8-10,14-16H2,1-2H3,(H,23,24). The van der Waals surface area contributed by atoms with Crippen molar-refractivity contribution in [3.8, 4) is 0 Å². The zero-order valence-corrected chi connectivity index (χ0v) is 16.3. The van der Waals surface area contributed by atoms with Crippen LogP contribution in [-0.2, 0) is 19.1 Å². The summed E-state index contributed by atoms with van der Waals surface area (Å²) in [6, 6.07) is 10.2. The Morgan fingerprint density at radius 2 is 2.00 bits per heavy atom. The van der Waals surface area contributed by atoms with E-state index in [0.29, 0.717) is 19.8 Å². The highest BCUT2D eigenvalue weighted by molar-refractivity contribution is 5.75. The molecule has 1 aromatic carbocycles. The number of benzene rings is 1. The van der Waals surface area contributed by atoms with Crippen LogP contribution in [0, 0.1) is 5.92 Å². The fourth-order valence-corrected chi connectivity index (χ4v) is 2.79. The number of carbonyl (C=O) groups is 1. The Morgan fingerprint density at radius 3 is 2.63 bits per heavy atom. The minimum atomic E-state index is -1.50. The van der Waals surface area contributed by atoms with Crippen LogP contribution in [0.4, 0.5) is 0 Å². The number of hydrogen-bond acceptors (Lipinski definition) is 5. The lowest BCUT2D eigenvalue weighted by atomic mass is 10.0. The van der Waals surface area contributed by atoms with Crippen LogP contribution in [0.1, 0.15) is 51.5 Å². The number of ether oxygens (including phenoxy) is 2. The van der Waals surface area contributed by atoms with Crippen LogP contribution in [0.2, 0.25) is 0 Å². The van der Waals surface area contributed by atoms with Crippen LogP contribution in [0.3, 0.4) is 0 Å². The maximum absolute atomic E-state index is 11.1. The molecule has 2 rings (SSSR count). The monoisotopic (exact) mass is 377 g/mol. The number of hydroxylamine groups is 1. The lowest BCUT2D eigenvalue weighted by Gasteiger charge is -2.34. The quantitative estimate of drug-likeness (QED) is 0.449. The zero-order valence-electron chi connectivity index (χ0n) is 16.3. The van der Waals surface area contributed by atoms with Crippen molar-refractivity contribution in [3.63, 3.8) is 0 Å². The minimum absolute atomic E-state index is 0.231. The first kappa shape index (κ1) is 21.4. The number of unbranched alkanes of at least 4 members (excludes halogenated alkanes) is 2. The third-order valence-electron chi connectivity index (χ3n) is 4.59. The molecule has 27 heavy (non-hydrogen) atoms. The molecule has 0 aromatic heterocycles. The van der Waals surface area contributed by atoms with Crippen LogP contribution in [0.25, 0.3) is 5.70 Å². The molecule has 6 nitrogen and oxygen atoms in total. The number of hydrogen-bond donors (Lipinski definition) is 2. The summed E-state index contributed by atoms with van der Waals surface area (Å²) in [4.78, 5) is 16.7. The highest BCUT2D eigenvalue weighted by Gasteiger charge is 2.40. The maximum atomic E-state index is 11.1. The van der Waals surface area contributed by atoms with E-state index in [1.54, 1.807) is 0 Å². The van der Waals surface area contributed by atoms with Crippen molar-refractivity contribution in [2.45, 2.75) is 51.7 Å². The second kappa shape index (κ2) is 11.1. The van der Waals surface area contributed by atoms with Gasteiger partial charge in [0.15, 0.2) is 0 Å². The van der Waals surface area contributed by atoms with E-state index in [2.05, 4.69) is 30.6 Å². The Hall–Kier alpha value is -1.89. The van der Waals surface area contributed by atoms with E-state index in [4.69, 9.17) is 19.4 Å². The van der Waals surface area contributed by atoms with Gasteiger partial charge in [0.1, 0.15) is 0 Å². The van der Waals surface area contributed by atoms with E-state index in [9.17, 15) is 4.79 Å². The molecule has 0 amide bonds. The van der Waals surface area contributed by atoms with Gasteiger partial charge in [-0.3, -0.25) is 10.3 Å². The summed E-state index contributed by atoms with van der Waals surface area (Å²) in [5.41, 5.74) is 5.19. The number of carboxylic acids is 1. The van der Waals surface area contributed by atoms with E-state index in [1.807, 2.05) is 18.2 Å². The molecule has 0 saturated carbocycles. The number of carboxylic acid groups (broad SMARTS) is 1. The summed E-state index contributed by atoms with van der Waals surface area (Å²) >= 11 is 0. The fraction of sp³-hybridized carbons (Fsp3) is 0.571. The number of aliphatic carboxylic acids is 1. The van der Waals surface area contributed by atoms with Crippen molar-refractivity contribution in [2.24, 2.45) is 5.92 Å². The van der Waals surface area contributed by atoms with Gasteiger partial charge in [0, 0.05) is 12.8 Å². The molecule has 0 bridgehead atoms. The van der Waals surface area contributed by atoms with Gasteiger partial charge >= 0.3 is 5.97 Å². The summed E-state index contributed by atoms with van der Waals surface area (Å²) in [5.74, 6) is -2.34. The third-order valence-corrected chi connectivity index (χ3v) is 4.59. The molecule has 0 aliphatic carbocycles. The first-order valence-electron chi connectivity index (χ1n) is 9.70. The van der Waals surface area contributed by atoms with E-state index < -0.39 is 11.8 Å². The van der Waals surface area contributed by atoms with Crippen molar-refractivity contribution < 1.29 is 24.2 Å². The lowest BCUT2D eigenvalue weighted by molar-refractivity contribution is -0.271. The van der Waals surface area contributed by atoms with Crippen molar-refractivity contribution in [2.75, 3.05) is 19.8 Å². The Balaban J connectivity index is 1.63. The van der Waals surface area contributed by atoms with E-state index in [1.165, 1.54) is 6.92 Å². The molecular formula is C21H31NO5. The molecule has 0 unspecified atom stereocenters. The van der Waals surface area contributed by atoms with Crippen LogP contribution < -0.4 is 5.48 Å². The summed E-state index contributed by atoms with van der Waals surface area (Å²) in [7, 11) is 0. The summed E-state index contributed by atoms with van der Waals surface area (Å²) in [6.45, 7) is 5.04. The summed E-state index contributed by atoms with van der Waals surface area (Å²) in [6.07, 6.45) is 7.06. The van der Waals surface area contributed by atoms with Gasteiger partial charge in [-0.2, -0.15) is 0 Å². The maximum Gasteiger partial charge on any atom is 0.364 e. The Kier molecular flexibility index (Phi) is 8.78. The Morgan fingerprint density at radius 1 is 1.30 bits per heavy atom. The molecule has 1 aromatic rings. The van der Waals surface area contributed by atoms with Gasteiger partial charge in [-0.25, -0.2) is 4.79 Å². The van der Waals surface area contributed by atoms with Crippen molar-refractivity contribution in [3.05, 3.63) is 42.0 Å². The second-order valence-electron chi connectivity index (χ2n) is 6.96. The molecule has 0 atom stereocenters. The van der Waals surface area contributed by atoms with E-state index in [-0.39, 0.29) is 5.92 Å². The normalized spacial score (nSPS) is 23.2. The Labute approximate surface area is 161 Å². The zero-order chi connectivity index (χ0) is 19.5. The summed E-state index contributed by atoms with van der Waals surface area (Å²) < 4.78 is 10.7. The van der Waals surface area contributed by atoms with E-state index >= 15 is 0 Å². The Bertz CT molecular complexity index is 594. The first-order valence-corrected chi connectivity index (χ1v) is 9.70. The molecule has 1 fully saturated rings. The topological polar surface area (TPSA) is 77.0 Å².